The average Bonchev–Trinajstić information content (AvgIpc) is 3.70. The van der Waals surface area contributed by atoms with Crippen LogP contribution in [-0.4, -0.2) is 6.71 Å². The minimum absolute atomic E-state index is 0.00451. The Morgan fingerprint density at radius 1 is 0.507 bits per heavy atom. The lowest BCUT2D eigenvalue weighted by Gasteiger charge is -2.46. The largest absolute Gasteiger partial charge is 0.311 e. The van der Waals surface area contributed by atoms with Crippen molar-refractivity contribution >= 4 is 89.7 Å². The molecule has 8 aromatic rings. The van der Waals surface area contributed by atoms with E-state index in [-0.39, 0.29) is 39.2 Å². The fourth-order valence-corrected chi connectivity index (χ4v) is 15.6. The molecular weight excluding hydrogens is 920 g/mol. The molecule has 370 valence electrons. The van der Waals surface area contributed by atoms with Crippen molar-refractivity contribution < 1.29 is 0 Å². The van der Waals surface area contributed by atoms with Crippen LogP contribution in [0.15, 0.2) is 137 Å². The zero-order valence-electron chi connectivity index (χ0n) is 46.3. The lowest BCUT2D eigenvalue weighted by atomic mass is 9.36. The highest BCUT2D eigenvalue weighted by Crippen LogP contribution is 2.56. The number of hydrogen-bond donors (Lipinski definition) is 0. The number of fused-ring (bicyclic) bond motifs is 9. The van der Waals surface area contributed by atoms with Crippen LogP contribution in [0.3, 0.4) is 0 Å². The van der Waals surface area contributed by atoms with Gasteiger partial charge in [0.05, 0.1) is 11.4 Å². The Hall–Kier alpha value is -5.49. The van der Waals surface area contributed by atoms with Crippen LogP contribution < -0.4 is 25.5 Å². The Morgan fingerprint density at radius 3 is 1.81 bits per heavy atom. The molecule has 1 aliphatic carbocycles. The SMILES string of the molecule is Cc1cc2c3c(c1)N(c1ccc4c(c1)C(C)(C)CCC4(C)C)c1c(sc4ccc(C(C)(C)C)cc14)B3c1cc3c(cc1N2c1ccc(C(C)(C)C)cc1-c1ccc(C(C)(C)C)cc1)Sc1ccccc1C3(C)C. The summed E-state index contributed by atoms with van der Waals surface area (Å²) in [6, 6.07) is 51.1. The van der Waals surface area contributed by atoms with Gasteiger partial charge in [0.1, 0.15) is 0 Å². The quantitative estimate of drug-likeness (QED) is 0.163. The van der Waals surface area contributed by atoms with E-state index in [1.807, 2.05) is 23.1 Å². The molecule has 3 aliphatic heterocycles. The average molecular weight is 993 g/mol. The molecule has 0 spiro atoms. The Morgan fingerprint density at radius 2 is 1.12 bits per heavy atom. The molecule has 0 saturated carbocycles. The Bertz CT molecular complexity index is 3600. The van der Waals surface area contributed by atoms with E-state index in [4.69, 9.17) is 0 Å². The molecule has 0 fully saturated rings. The van der Waals surface area contributed by atoms with Gasteiger partial charge in [-0.05, 0) is 169 Å². The number of nitrogens with zero attached hydrogens (tertiary/aromatic N) is 2. The standard InChI is InChI=1S/C68H73BN2S2/c1-40-33-55-60-56(34-40)71(53-29-25-43(64(5,6)7)35-46(53)41-21-23-42(24-22-41)63(2,3)4)54-39-59-51(68(15,16)49-19-17-18-20-58(49)72-59)38-52(54)69(60)62-61(47-36-44(65(8,9)10)26-30-57(47)73-62)70(55)45-27-28-48-50(37-45)67(13,14)32-31-66(48,11)12/h17-30,33-39H,31-32H2,1-16H3. The summed E-state index contributed by atoms with van der Waals surface area (Å²) in [6.45, 7) is 38.1. The summed E-state index contributed by atoms with van der Waals surface area (Å²) in [5, 5.41) is 1.35. The normalized spacial score (nSPS) is 17.1. The van der Waals surface area contributed by atoms with Crippen LogP contribution in [0.4, 0.5) is 34.1 Å². The number of anilines is 6. The summed E-state index contributed by atoms with van der Waals surface area (Å²) in [7, 11) is 0. The van der Waals surface area contributed by atoms with E-state index in [1.54, 1.807) is 0 Å². The summed E-state index contributed by atoms with van der Waals surface area (Å²) in [6.07, 6.45) is 2.36. The van der Waals surface area contributed by atoms with Crippen molar-refractivity contribution in [1.82, 2.24) is 0 Å². The minimum Gasteiger partial charge on any atom is -0.311 e. The molecule has 4 heterocycles. The third-order valence-corrected chi connectivity index (χ3v) is 19.8. The number of aryl methyl sites for hydroxylation is 1. The molecule has 0 N–H and O–H groups in total. The summed E-state index contributed by atoms with van der Waals surface area (Å²) < 4.78 is 2.78. The maximum absolute atomic E-state index is 2.72. The van der Waals surface area contributed by atoms with Crippen LogP contribution in [0.1, 0.15) is 161 Å². The van der Waals surface area contributed by atoms with Crippen LogP contribution in [0, 0.1) is 6.92 Å². The van der Waals surface area contributed by atoms with Crippen LogP contribution >= 0.6 is 23.1 Å². The van der Waals surface area contributed by atoms with Crippen LogP contribution in [0.25, 0.3) is 21.2 Å². The topological polar surface area (TPSA) is 6.48 Å². The number of rotatable bonds is 3. The van der Waals surface area contributed by atoms with E-state index in [9.17, 15) is 0 Å². The van der Waals surface area contributed by atoms with E-state index in [0.717, 1.165) is 0 Å². The third kappa shape index (κ3) is 7.55. The molecule has 1 aromatic heterocycles. The molecule has 12 rings (SSSR count). The molecule has 0 unspecified atom stereocenters. The van der Waals surface area contributed by atoms with E-state index in [1.165, 1.54) is 138 Å². The van der Waals surface area contributed by atoms with Crippen LogP contribution in [0.2, 0.25) is 0 Å². The number of hydrogen-bond acceptors (Lipinski definition) is 4. The predicted octanol–water partition coefficient (Wildman–Crippen LogP) is 18.0. The van der Waals surface area contributed by atoms with Crippen LogP contribution in [0.5, 0.6) is 0 Å². The first-order valence-corrected chi connectivity index (χ1v) is 28.5. The lowest BCUT2D eigenvalue weighted by molar-refractivity contribution is 0.332. The first-order valence-electron chi connectivity index (χ1n) is 26.9. The third-order valence-electron chi connectivity index (χ3n) is 17.5. The van der Waals surface area contributed by atoms with Crippen molar-refractivity contribution in [1.29, 1.82) is 0 Å². The van der Waals surface area contributed by atoms with Gasteiger partial charge in [-0.2, -0.15) is 0 Å². The summed E-state index contributed by atoms with van der Waals surface area (Å²) >= 11 is 3.96. The van der Waals surface area contributed by atoms with E-state index in [0.29, 0.717) is 0 Å². The van der Waals surface area contributed by atoms with E-state index >= 15 is 0 Å². The molecule has 0 atom stereocenters. The number of thiophene rings is 1. The van der Waals surface area contributed by atoms with Gasteiger partial charge >= 0.3 is 0 Å². The Kier molecular flexibility index (Phi) is 10.6. The molecule has 4 aliphatic rings. The van der Waals surface area contributed by atoms with Crippen molar-refractivity contribution in [2.75, 3.05) is 9.80 Å². The van der Waals surface area contributed by atoms with Crippen molar-refractivity contribution in [3.63, 3.8) is 0 Å². The van der Waals surface area contributed by atoms with Gasteiger partial charge in [0, 0.05) is 58.4 Å². The molecule has 0 amide bonds. The van der Waals surface area contributed by atoms with Crippen molar-refractivity contribution in [3.05, 3.63) is 172 Å². The van der Waals surface area contributed by atoms with Gasteiger partial charge in [-0.1, -0.05) is 182 Å². The molecule has 5 heteroatoms. The van der Waals surface area contributed by atoms with Gasteiger partial charge in [0.25, 0.3) is 6.71 Å². The fourth-order valence-electron chi connectivity index (χ4n) is 12.8. The summed E-state index contributed by atoms with van der Waals surface area (Å²) in [4.78, 5) is 8.10. The second-order valence-electron chi connectivity index (χ2n) is 27.0. The van der Waals surface area contributed by atoms with Crippen molar-refractivity contribution in [3.8, 4) is 11.1 Å². The fraction of sp³-hybridized carbons (Fsp3) is 0.353. The molecule has 0 saturated heterocycles. The van der Waals surface area contributed by atoms with Crippen molar-refractivity contribution in [2.24, 2.45) is 0 Å². The maximum Gasteiger partial charge on any atom is 0.264 e. The lowest BCUT2D eigenvalue weighted by Crippen LogP contribution is -2.60. The summed E-state index contributed by atoms with van der Waals surface area (Å²) in [5.74, 6) is 0. The monoisotopic (exact) mass is 993 g/mol. The molecular formula is C68H73BN2S2. The molecule has 0 bridgehead atoms. The zero-order valence-corrected chi connectivity index (χ0v) is 48.0. The number of benzene rings is 7. The van der Waals surface area contributed by atoms with Crippen LogP contribution in [-0.2, 0) is 32.5 Å². The molecule has 2 nitrogen and oxygen atoms in total. The maximum atomic E-state index is 2.72. The molecule has 0 radical (unpaired) electrons. The predicted molar refractivity (Wildman–Crippen MR) is 320 cm³/mol. The van der Waals surface area contributed by atoms with Crippen molar-refractivity contribution in [2.45, 2.75) is 166 Å². The highest BCUT2D eigenvalue weighted by molar-refractivity contribution is 7.99. The smallest absolute Gasteiger partial charge is 0.264 e. The first kappa shape index (κ1) is 48.5. The first-order chi connectivity index (χ1) is 34.2. The zero-order chi connectivity index (χ0) is 51.7. The highest BCUT2D eigenvalue weighted by Gasteiger charge is 2.48. The summed E-state index contributed by atoms with van der Waals surface area (Å²) in [5.41, 5.74) is 24.0. The Labute approximate surface area is 445 Å². The van der Waals surface area contributed by atoms with E-state index in [2.05, 4.69) is 248 Å². The van der Waals surface area contributed by atoms with Gasteiger partial charge < -0.3 is 9.80 Å². The Balaban J connectivity index is 1.20. The van der Waals surface area contributed by atoms with Gasteiger partial charge in [-0.15, -0.1) is 11.3 Å². The van der Waals surface area contributed by atoms with E-state index < -0.39 is 0 Å². The highest BCUT2D eigenvalue weighted by atomic mass is 32.2. The van der Waals surface area contributed by atoms with Gasteiger partial charge in [0.2, 0.25) is 0 Å². The molecule has 7 aromatic carbocycles. The minimum atomic E-state index is -0.198. The van der Waals surface area contributed by atoms with Gasteiger partial charge in [0.15, 0.2) is 0 Å². The second kappa shape index (κ2) is 16.0. The second-order valence-corrected chi connectivity index (χ2v) is 29.2. The molecule has 73 heavy (non-hydrogen) atoms. The van der Waals surface area contributed by atoms with Gasteiger partial charge in [-0.3, -0.25) is 0 Å². The van der Waals surface area contributed by atoms with Gasteiger partial charge in [-0.25, -0.2) is 0 Å².